The lowest BCUT2D eigenvalue weighted by Crippen LogP contribution is -2.38. The number of benzene rings is 1. The highest BCUT2D eigenvalue weighted by atomic mass is 19.1. The van der Waals surface area contributed by atoms with Crippen LogP contribution in [-0.2, 0) is 4.79 Å². The average Bonchev–Trinajstić information content (AvgIpc) is 3.13. The second-order valence-corrected chi connectivity index (χ2v) is 6.86. The molecular weight excluding hydrogens is 361 g/mol. The minimum atomic E-state index is -0.279. The van der Waals surface area contributed by atoms with Crippen molar-refractivity contribution < 1.29 is 13.7 Å². The van der Waals surface area contributed by atoms with E-state index in [1.165, 1.54) is 12.1 Å². The first kappa shape index (κ1) is 18.1. The van der Waals surface area contributed by atoms with Crippen molar-refractivity contribution in [3.05, 3.63) is 54.0 Å². The average molecular weight is 381 g/mol. The molecule has 1 fully saturated rings. The van der Waals surface area contributed by atoms with Crippen LogP contribution in [0.1, 0.15) is 18.6 Å². The van der Waals surface area contributed by atoms with Crippen LogP contribution >= 0.6 is 0 Å². The van der Waals surface area contributed by atoms with Gasteiger partial charge in [0.1, 0.15) is 11.6 Å². The molecule has 1 aliphatic heterocycles. The van der Waals surface area contributed by atoms with E-state index in [0.717, 1.165) is 37.3 Å². The number of amides is 1. The minimum Gasteiger partial charge on any atom is -0.360 e. The van der Waals surface area contributed by atoms with Gasteiger partial charge in [0.15, 0.2) is 11.6 Å². The zero-order chi connectivity index (χ0) is 19.5. The second kappa shape index (κ2) is 7.75. The number of carbonyl (C=O) groups is 1. The van der Waals surface area contributed by atoms with Crippen molar-refractivity contribution >= 4 is 17.5 Å². The number of hydrogen-bond donors (Lipinski definition) is 1. The third kappa shape index (κ3) is 4.00. The molecule has 1 amide bonds. The van der Waals surface area contributed by atoms with E-state index in [9.17, 15) is 9.18 Å². The zero-order valence-electron chi connectivity index (χ0n) is 15.4. The van der Waals surface area contributed by atoms with E-state index in [1.807, 2.05) is 12.1 Å². The highest BCUT2D eigenvalue weighted by Gasteiger charge is 2.26. The molecule has 0 saturated carbocycles. The Kier molecular flexibility index (Phi) is 5.01. The zero-order valence-corrected chi connectivity index (χ0v) is 15.4. The molecule has 1 N–H and O–H groups in total. The Morgan fingerprint density at radius 1 is 1.14 bits per heavy atom. The smallest absolute Gasteiger partial charge is 0.228 e. The van der Waals surface area contributed by atoms with E-state index in [0.29, 0.717) is 17.3 Å². The van der Waals surface area contributed by atoms with Crippen LogP contribution in [0.3, 0.4) is 0 Å². The topological polar surface area (TPSA) is 84.2 Å². The molecule has 3 aromatic rings. The van der Waals surface area contributed by atoms with Crippen molar-refractivity contribution in [1.82, 2.24) is 15.4 Å². The number of aryl methyl sites for hydroxylation is 1. The van der Waals surface area contributed by atoms with Crippen molar-refractivity contribution in [1.29, 1.82) is 0 Å². The van der Waals surface area contributed by atoms with Gasteiger partial charge < -0.3 is 14.7 Å². The Bertz CT molecular complexity index is 947. The third-order valence-electron chi connectivity index (χ3n) is 4.86. The number of hydrogen-bond acceptors (Lipinski definition) is 6. The summed E-state index contributed by atoms with van der Waals surface area (Å²) in [6.45, 7) is 3.23. The van der Waals surface area contributed by atoms with Crippen molar-refractivity contribution in [2.45, 2.75) is 19.8 Å². The predicted molar refractivity (Wildman–Crippen MR) is 102 cm³/mol. The fourth-order valence-corrected chi connectivity index (χ4v) is 3.29. The summed E-state index contributed by atoms with van der Waals surface area (Å²) in [7, 11) is 0. The quantitative estimate of drug-likeness (QED) is 0.745. The van der Waals surface area contributed by atoms with Gasteiger partial charge in [-0.2, -0.15) is 0 Å². The van der Waals surface area contributed by atoms with Gasteiger partial charge in [0.05, 0.1) is 5.69 Å². The molecule has 1 saturated heterocycles. The van der Waals surface area contributed by atoms with E-state index in [4.69, 9.17) is 4.52 Å². The summed E-state index contributed by atoms with van der Waals surface area (Å²) in [4.78, 5) is 14.5. The van der Waals surface area contributed by atoms with Crippen LogP contribution in [0.25, 0.3) is 11.3 Å². The van der Waals surface area contributed by atoms with Crippen LogP contribution in [0.5, 0.6) is 0 Å². The number of nitrogens with zero attached hydrogens (tertiary/aromatic N) is 4. The maximum Gasteiger partial charge on any atom is 0.228 e. The maximum atomic E-state index is 13.0. The highest BCUT2D eigenvalue weighted by Crippen LogP contribution is 2.24. The molecule has 4 rings (SSSR count). The molecule has 3 heterocycles. The minimum absolute atomic E-state index is 0.0364. The fourth-order valence-electron chi connectivity index (χ4n) is 3.29. The Morgan fingerprint density at radius 3 is 2.50 bits per heavy atom. The Balaban J connectivity index is 1.34. The van der Waals surface area contributed by atoms with Crippen molar-refractivity contribution in [2.24, 2.45) is 5.92 Å². The first-order valence-electron chi connectivity index (χ1n) is 9.17. The van der Waals surface area contributed by atoms with Crippen molar-refractivity contribution in [2.75, 3.05) is 23.3 Å². The molecule has 7 nitrogen and oxygen atoms in total. The molecule has 0 radical (unpaired) electrons. The number of anilines is 2. The van der Waals surface area contributed by atoms with Gasteiger partial charge in [0, 0.05) is 30.6 Å². The number of carbonyl (C=O) groups excluding carboxylic acids is 1. The first-order valence-corrected chi connectivity index (χ1v) is 9.17. The Labute approximate surface area is 161 Å². The fraction of sp³-hybridized carbons (Fsp3) is 0.300. The monoisotopic (exact) mass is 381 g/mol. The third-order valence-corrected chi connectivity index (χ3v) is 4.86. The van der Waals surface area contributed by atoms with Crippen molar-refractivity contribution in [3.8, 4) is 11.3 Å². The van der Waals surface area contributed by atoms with Crippen molar-refractivity contribution in [3.63, 3.8) is 0 Å². The van der Waals surface area contributed by atoms with Crippen LogP contribution in [0.4, 0.5) is 16.0 Å². The summed E-state index contributed by atoms with van der Waals surface area (Å²) < 4.78 is 18.0. The number of halogens is 1. The molecule has 1 aliphatic rings. The summed E-state index contributed by atoms with van der Waals surface area (Å²) in [5.41, 5.74) is 1.51. The number of nitrogens with one attached hydrogen (secondary N) is 1. The molecule has 1 aromatic carbocycles. The lowest BCUT2D eigenvalue weighted by Gasteiger charge is -2.31. The van der Waals surface area contributed by atoms with Crippen LogP contribution in [0.15, 0.2) is 47.0 Å². The largest absolute Gasteiger partial charge is 0.360 e. The first-order chi connectivity index (χ1) is 13.6. The molecule has 144 valence electrons. The summed E-state index contributed by atoms with van der Waals surface area (Å²) in [5, 5.41) is 15.1. The lowest BCUT2D eigenvalue weighted by atomic mass is 9.96. The molecule has 8 heteroatoms. The lowest BCUT2D eigenvalue weighted by molar-refractivity contribution is -0.120. The van der Waals surface area contributed by atoms with E-state index in [1.54, 1.807) is 25.1 Å². The molecule has 0 unspecified atom stereocenters. The second-order valence-electron chi connectivity index (χ2n) is 6.86. The van der Waals surface area contributed by atoms with Crippen LogP contribution in [0.2, 0.25) is 0 Å². The van der Waals surface area contributed by atoms with Gasteiger partial charge in [-0.15, -0.1) is 10.2 Å². The SMILES string of the molecule is Cc1cc(NC(=O)C2CCN(c3ccc(-c4ccc(F)cc4)nn3)CC2)no1. The summed E-state index contributed by atoms with van der Waals surface area (Å²) in [6.07, 6.45) is 1.45. The van der Waals surface area contributed by atoms with E-state index >= 15 is 0 Å². The molecule has 0 atom stereocenters. The molecular formula is C20H20FN5O2. The summed E-state index contributed by atoms with van der Waals surface area (Å²) >= 11 is 0. The maximum absolute atomic E-state index is 13.0. The van der Waals surface area contributed by atoms with Gasteiger partial charge in [-0.05, 0) is 56.2 Å². The van der Waals surface area contributed by atoms with Gasteiger partial charge in [0.25, 0.3) is 0 Å². The van der Waals surface area contributed by atoms with Crippen LogP contribution in [0, 0.1) is 18.7 Å². The van der Waals surface area contributed by atoms with Crippen LogP contribution in [-0.4, -0.2) is 34.4 Å². The van der Waals surface area contributed by atoms with Crippen LogP contribution < -0.4 is 10.2 Å². The summed E-state index contributed by atoms with van der Waals surface area (Å²) in [5.74, 6) is 1.50. The standard InChI is InChI=1S/C20H20FN5O2/c1-13-12-18(25-28-13)22-20(27)15-8-10-26(11-9-15)19-7-6-17(23-24-19)14-2-4-16(21)5-3-14/h2-7,12,15H,8-11H2,1H3,(H,22,25,27). The molecule has 28 heavy (non-hydrogen) atoms. The molecule has 0 spiro atoms. The number of piperidine rings is 1. The van der Waals surface area contributed by atoms with Gasteiger partial charge in [0.2, 0.25) is 5.91 Å². The van der Waals surface area contributed by atoms with E-state index in [-0.39, 0.29) is 17.6 Å². The van der Waals surface area contributed by atoms with Gasteiger partial charge in [-0.1, -0.05) is 5.16 Å². The molecule has 0 bridgehead atoms. The van der Waals surface area contributed by atoms with E-state index < -0.39 is 0 Å². The highest BCUT2D eigenvalue weighted by molar-refractivity contribution is 5.91. The predicted octanol–water partition coefficient (Wildman–Crippen LogP) is 3.43. The summed E-state index contributed by atoms with van der Waals surface area (Å²) in [6, 6.07) is 11.7. The van der Waals surface area contributed by atoms with Gasteiger partial charge in [-0.25, -0.2) is 4.39 Å². The normalized spacial score (nSPS) is 14.9. The number of aromatic nitrogens is 3. The van der Waals surface area contributed by atoms with E-state index in [2.05, 4.69) is 25.6 Å². The number of rotatable bonds is 4. The molecule has 2 aromatic heterocycles. The van der Waals surface area contributed by atoms with Gasteiger partial charge in [-0.3, -0.25) is 4.79 Å². The van der Waals surface area contributed by atoms with Gasteiger partial charge >= 0.3 is 0 Å². The Morgan fingerprint density at radius 2 is 1.89 bits per heavy atom. The Hall–Kier alpha value is -3.29. The molecule has 0 aliphatic carbocycles.